The average Bonchev–Trinajstić information content (AvgIpc) is 2.75. The van der Waals surface area contributed by atoms with Gasteiger partial charge in [0.2, 0.25) is 5.91 Å². The van der Waals surface area contributed by atoms with Crippen molar-refractivity contribution in [3.63, 3.8) is 0 Å². The smallest absolute Gasteiger partial charge is 0.237 e. The molecule has 0 aromatic carbocycles. The number of nitrogens with two attached hydrogens (primary N) is 1. The van der Waals surface area contributed by atoms with Crippen molar-refractivity contribution in [2.45, 2.75) is 37.8 Å². The molecule has 5 unspecified atom stereocenters. The van der Waals surface area contributed by atoms with E-state index in [0.717, 1.165) is 23.7 Å². The summed E-state index contributed by atoms with van der Waals surface area (Å²) in [6, 6.07) is 0.0382. The Hall–Kier alpha value is -0.610. The van der Waals surface area contributed by atoms with Gasteiger partial charge in [0.05, 0.1) is 6.04 Å². The first-order chi connectivity index (χ1) is 8.22. The number of hydrogen-bond donors (Lipinski definition) is 2. The second kappa shape index (κ2) is 4.25. The summed E-state index contributed by atoms with van der Waals surface area (Å²) >= 11 is 0. The molecule has 4 nitrogen and oxygen atoms in total. The molecule has 17 heavy (non-hydrogen) atoms. The first-order valence-corrected chi connectivity index (χ1v) is 6.77. The quantitative estimate of drug-likeness (QED) is 0.733. The molecule has 96 valence electrons. The number of hydrogen-bond acceptors (Lipinski definition) is 3. The summed E-state index contributed by atoms with van der Waals surface area (Å²) in [6.45, 7) is 0.553. The number of carbonyl (C=O) groups excluding carboxylic acids is 1. The largest absolute Gasteiger partial charge is 0.385 e. The standard InChI is InChI=1S/C13H22N2O2/c1-17-5-4-9(14)13(16)15-12-10-7-2-3-8(6-7)11(10)12/h7-12H,2-6,14H2,1H3,(H,15,16). The Morgan fingerprint density at radius 1 is 1.41 bits per heavy atom. The van der Waals surface area contributed by atoms with Gasteiger partial charge in [-0.3, -0.25) is 4.79 Å². The topological polar surface area (TPSA) is 64.3 Å². The minimum absolute atomic E-state index is 0.0147. The zero-order valence-corrected chi connectivity index (χ0v) is 10.4. The van der Waals surface area contributed by atoms with Crippen LogP contribution in [0.5, 0.6) is 0 Å². The van der Waals surface area contributed by atoms with E-state index in [1.807, 2.05) is 0 Å². The summed E-state index contributed by atoms with van der Waals surface area (Å²) in [4.78, 5) is 11.9. The van der Waals surface area contributed by atoms with Crippen LogP contribution in [0, 0.1) is 23.7 Å². The second-order valence-electron chi connectivity index (χ2n) is 5.91. The molecular weight excluding hydrogens is 216 g/mol. The van der Waals surface area contributed by atoms with Crippen LogP contribution in [0.4, 0.5) is 0 Å². The van der Waals surface area contributed by atoms with Gasteiger partial charge in [0.15, 0.2) is 0 Å². The molecule has 0 radical (unpaired) electrons. The molecule has 1 amide bonds. The molecule has 3 saturated carbocycles. The molecule has 3 aliphatic carbocycles. The third-order valence-corrected chi connectivity index (χ3v) is 5.01. The first kappa shape index (κ1) is 11.5. The second-order valence-corrected chi connectivity index (χ2v) is 5.91. The average molecular weight is 238 g/mol. The number of nitrogens with one attached hydrogen (secondary N) is 1. The third kappa shape index (κ3) is 1.87. The highest BCUT2D eigenvalue weighted by Gasteiger charge is 2.65. The fourth-order valence-electron chi connectivity index (χ4n) is 4.17. The first-order valence-electron chi connectivity index (χ1n) is 6.77. The van der Waals surface area contributed by atoms with Crippen molar-refractivity contribution >= 4 is 5.91 Å². The third-order valence-electron chi connectivity index (χ3n) is 5.01. The SMILES string of the molecule is COCCC(N)C(=O)NC1C2C3CCC(C3)C12. The Labute approximate surface area is 102 Å². The molecule has 2 bridgehead atoms. The lowest BCUT2D eigenvalue weighted by atomic mass is 10.0. The fourth-order valence-corrected chi connectivity index (χ4v) is 4.17. The van der Waals surface area contributed by atoms with Crippen LogP contribution in [-0.2, 0) is 9.53 Å². The number of fused-ring (bicyclic) bond motifs is 5. The van der Waals surface area contributed by atoms with E-state index < -0.39 is 6.04 Å². The van der Waals surface area contributed by atoms with Crippen molar-refractivity contribution in [3.05, 3.63) is 0 Å². The summed E-state index contributed by atoms with van der Waals surface area (Å²) in [7, 11) is 1.63. The molecule has 3 N–H and O–H groups in total. The predicted octanol–water partition coefficient (Wildman–Crippen LogP) is 0.511. The molecule has 0 aliphatic heterocycles. The number of amides is 1. The Bertz CT molecular complexity index is 305. The van der Waals surface area contributed by atoms with E-state index in [1.165, 1.54) is 19.3 Å². The van der Waals surface area contributed by atoms with Crippen molar-refractivity contribution < 1.29 is 9.53 Å². The molecular formula is C13H22N2O2. The molecule has 5 atom stereocenters. The zero-order chi connectivity index (χ0) is 12.0. The number of ether oxygens (including phenoxy) is 1. The summed E-state index contributed by atoms with van der Waals surface area (Å²) in [5, 5.41) is 3.15. The van der Waals surface area contributed by atoms with Crippen molar-refractivity contribution in [3.8, 4) is 0 Å². The summed E-state index contributed by atoms with van der Waals surface area (Å²) in [6.07, 6.45) is 4.79. The van der Waals surface area contributed by atoms with Crippen LogP contribution in [0.25, 0.3) is 0 Å². The molecule has 3 aliphatic rings. The van der Waals surface area contributed by atoms with Crippen molar-refractivity contribution in [1.29, 1.82) is 0 Å². The monoisotopic (exact) mass is 238 g/mol. The maximum absolute atomic E-state index is 11.9. The Morgan fingerprint density at radius 2 is 2.06 bits per heavy atom. The summed E-state index contributed by atoms with van der Waals surface area (Å²) in [5.74, 6) is 3.37. The van der Waals surface area contributed by atoms with Gasteiger partial charge < -0.3 is 15.8 Å². The van der Waals surface area contributed by atoms with Gasteiger partial charge in [-0.25, -0.2) is 0 Å². The van der Waals surface area contributed by atoms with Crippen LogP contribution in [0.15, 0.2) is 0 Å². The fraction of sp³-hybridized carbons (Fsp3) is 0.923. The Morgan fingerprint density at radius 3 is 2.65 bits per heavy atom. The van der Waals surface area contributed by atoms with Gasteiger partial charge in [-0.1, -0.05) is 0 Å². The van der Waals surface area contributed by atoms with Crippen LogP contribution in [0.2, 0.25) is 0 Å². The molecule has 4 heteroatoms. The maximum atomic E-state index is 11.9. The molecule has 3 fully saturated rings. The van der Waals surface area contributed by atoms with Crippen molar-refractivity contribution in [2.24, 2.45) is 29.4 Å². The minimum atomic E-state index is -0.408. The molecule has 0 spiro atoms. The highest BCUT2D eigenvalue weighted by atomic mass is 16.5. The Kier molecular flexibility index (Phi) is 2.87. The predicted molar refractivity (Wildman–Crippen MR) is 64.2 cm³/mol. The van der Waals surface area contributed by atoms with Crippen LogP contribution in [-0.4, -0.2) is 31.7 Å². The summed E-state index contributed by atoms with van der Waals surface area (Å²) in [5.41, 5.74) is 5.82. The van der Waals surface area contributed by atoms with E-state index in [4.69, 9.17) is 10.5 Å². The highest BCUT2D eigenvalue weighted by Crippen LogP contribution is 2.65. The van der Waals surface area contributed by atoms with E-state index in [0.29, 0.717) is 19.1 Å². The van der Waals surface area contributed by atoms with E-state index in [-0.39, 0.29) is 5.91 Å². The lowest BCUT2D eigenvalue weighted by Crippen LogP contribution is -2.43. The summed E-state index contributed by atoms with van der Waals surface area (Å²) < 4.78 is 4.94. The van der Waals surface area contributed by atoms with Gasteiger partial charge in [-0.15, -0.1) is 0 Å². The number of carbonyl (C=O) groups is 1. The van der Waals surface area contributed by atoms with E-state index >= 15 is 0 Å². The normalized spacial score (nSPS) is 43.3. The molecule has 0 aromatic rings. The van der Waals surface area contributed by atoms with Gasteiger partial charge in [0.25, 0.3) is 0 Å². The van der Waals surface area contributed by atoms with Crippen LogP contribution in [0.1, 0.15) is 25.7 Å². The van der Waals surface area contributed by atoms with Crippen LogP contribution in [0.3, 0.4) is 0 Å². The van der Waals surface area contributed by atoms with Crippen LogP contribution < -0.4 is 11.1 Å². The molecule has 0 saturated heterocycles. The van der Waals surface area contributed by atoms with E-state index in [2.05, 4.69) is 5.32 Å². The van der Waals surface area contributed by atoms with Crippen molar-refractivity contribution in [1.82, 2.24) is 5.32 Å². The maximum Gasteiger partial charge on any atom is 0.237 e. The molecule has 3 rings (SSSR count). The van der Waals surface area contributed by atoms with Gasteiger partial charge in [-0.2, -0.15) is 0 Å². The van der Waals surface area contributed by atoms with Gasteiger partial charge >= 0.3 is 0 Å². The number of rotatable bonds is 5. The Balaban J connectivity index is 1.48. The van der Waals surface area contributed by atoms with Gasteiger partial charge in [-0.05, 0) is 49.4 Å². The van der Waals surface area contributed by atoms with Gasteiger partial charge in [0.1, 0.15) is 0 Å². The van der Waals surface area contributed by atoms with E-state index in [9.17, 15) is 4.79 Å². The van der Waals surface area contributed by atoms with Crippen LogP contribution >= 0.6 is 0 Å². The highest BCUT2D eigenvalue weighted by molar-refractivity contribution is 5.82. The zero-order valence-electron chi connectivity index (χ0n) is 10.4. The minimum Gasteiger partial charge on any atom is -0.385 e. The van der Waals surface area contributed by atoms with Crippen molar-refractivity contribution in [2.75, 3.05) is 13.7 Å². The van der Waals surface area contributed by atoms with Gasteiger partial charge in [0, 0.05) is 19.8 Å². The molecule has 0 aromatic heterocycles. The lowest BCUT2D eigenvalue weighted by Gasteiger charge is -2.14. The number of methoxy groups -OCH3 is 1. The lowest BCUT2D eigenvalue weighted by molar-refractivity contribution is -0.123. The van der Waals surface area contributed by atoms with E-state index in [1.54, 1.807) is 7.11 Å². The molecule has 0 heterocycles.